The van der Waals surface area contributed by atoms with E-state index in [2.05, 4.69) is 13.8 Å². The van der Waals surface area contributed by atoms with Crippen molar-refractivity contribution in [2.45, 2.75) is 39.5 Å². The zero-order valence-corrected chi connectivity index (χ0v) is 9.17. The van der Waals surface area contributed by atoms with Gasteiger partial charge in [0.2, 0.25) is 0 Å². The molecule has 1 aliphatic heterocycles. The molecule has 0 spiro atoms. The van der Waals surface area contributed by atoms with Crippen molar-refractivity contribution >= 4 is 5.97 Å². The minimum Gasteiger partial charge on any atom is -0.465 e. The highest BCUT2D eigenvalue weighted by molar-refractivity contribution is 5.69. The maximum absolute atomic E-state index is 11.2. The molecule has 0 N–H and O–H groups in total. The van der Waals surface area contributed by atoms with E-state index < -0.39 is 0 Å². The van der Waals surface area contributed by atoms with Crippen molar-refractivity contribution in [3.8, 4) is 0 Å². The Bertz CT molecular complexity index is 185. The van der Waals surface area contributed by atoms with Gasteiger partial charge in [0.1, 0.15) is 6.61 Å². The third-order valence-corrected chi connectivity index (χ3v) is 2.47. The lowest BCUT2D eigenvalue weighted by molar-refractivity contribution is -0.165. The van der Waals surface area contributed by atoms with Gasteiger partial charge in [-0.1, -0.05) is 26.7 Å². The van der Waals surface area contributed by atoms with E-state index in [4.69, 9.17) is 9.47 Å². The molecule has 3 heteroatoms. The molecule has 3 nitrogen and oxygen atoms in total. The summed E-state index contributed by atoms with van der Waals surface area (Å²) in [6.45, 7) is 6.15. The maximum Gasteiger partial charge on any atom is 0.305 e. The van der Waals surface area contributed by atoms with Crippen molar-refractivity contribution in [2.75, 3.05) is 19.8 Å². The summed E-state index contributed by atoms with van der Waals surface area (Å²) in [5.41, 5.74) is 0.0837. The summed E-state index contributed by atoms with van der Waals surface area (Å²) in [5.74, 6) is -0.0634. The Morgan fingerprint density at radius 1 is 1.43 bits per heavy atom. The van der Waals surface area contributed by atoms with Gasteiger partial charge in [-0.05, 0) is 6.42 Å². The molecule has 0 aromatic carbocycles. The van der Waals surface area contributed by atoms with Crippen LogP contribution in [0.4, 0.5) is 0 Å². The summed E-state index contributed by atoms with van der Waals surface area (Å²) >= 11 is 0. The quantitative estimate of drug-likeness (QED) is 0.487. The summed E-state index contributed by atoms with van der Waals surface area (Å²) in [6, 6.07) is 0. The lowest BCUT2D eigenvalue weighted by atomic mass is 9.90. The number of hydrogen-bond acceptors (Lipinski definition) is 3. The minimum absolute atomic E-state index is 0.0634. The highest BCUT2D eigenvalue weighted by Crippen LogP contribution is 2.26. The van der Waals surface area contributed by atoms with E-state index in [-0.39, 0.29) is 11.4 Å². The molecule has 1 heterocycles. The molecule has 0 unspecified atom stereocenters. The molecule has 1 saturated heterocycles. The van der Waals surface area contributed by atoms with Crippen molar-refractivity contribution < 1.29 is 14.3 Å². The maximum atomic E-state index is 11.2. The lowest BCUT2D eigenvalue weighted by Gasteiger charge is -2.37. The second-order valence-electron chi connectivity index (χ2n) is 4.42. The van der Waals surface area contributed by atoms with Crippen molar-refractivity contribution in [2.24, 2.45) is 5.41 Å². The average molecular weight is 200 g/mol. The number of carbonyl (C=O) groups is 1. The van der Waals surface area contributed by atoms with Crippen LogP contribution in [0.15, 0.2) is 0 Å². The van der Waals surface area contributed by atoms with Crippen LogP contribution in [-0.4, -0.2) is 25.8 Å². The van der Waals surface area contributed by atoms with Gasteiger partial charge < -0.3 is 9.47 Å². The Morgan fingerprint density at radius 3 is 2.64 bits per heavy atom. The van der Waals surface area contributed by atoms with Crippen molar-refractivity contribution in [1.29, 1.82) is 0 Å². The number of unbranched alkanes of at least 4 members (excludes halogenated alkanes) is 2. The summed E-state index contributed by atoms with van der Waals surface area (Å²) in [6.07, 6.45) is 3.75. The first-order valence-electron chi connectivity index (χ1n) is 5.40. The fourth-order valence-corrected chi connectivity index (χ4v) is 1.38. The number of esters is 1. The van der Waals surface area contributed by atoms with Gasteiger partial charge in [-0.3, -0.25) is 4.79 Å². The van der Waals surface area contributed by atoms with E-state index in [0.29, 0.717) is 13.0 Å². The number of hydrogen-bond donors (Lipinski definition) is 0. The van der Waals surface area contributed by atoms with E-state index in [1.165, 1.54) is 0 Å². The van der Waals surface area contributed by atoms with E-state index in [0.717, 1.165) is 32.5 Å². The zero-order chi connectivity index (χ0) is 10.4. The molecule has 82 valence electrons. The zero-order valence-electron chi connectivity index (χ0n) is 9.17. The molecular weight excluding hydrogens is 180 g/mol. The second kappa shape index (κ2) is 5.35. The van der Waals surface area contributed by atoms with Crippen LogP contribution < -0.4 is 0 Å². The molecule has 0 radical (unpaired) electrons. The Kier molecular flexibility index (Phi) is 4.39. The van der Waals surface area contributed by atoms with Gasteiger partial charge >= 0.3 is 5.97 Å². The topological polar surface area (TPSA) is 35.5 Å². The Labute approximate surface area is 85.8 Å². The fourth-order valence-electron chi connectivity index (χ4n) is 1.38. The molecule has 0 atom stereocenters. The molecule has 1 rings (SSSR count). The van der Waals surface area contributed by atoms with Gasteiger partial charge in [0.05, 0.1) is 13.2 Å². The van der Waals surface area contributed by atoms with Gasteiger partial charge in [0, 0.05) is 11.8 Å². The number of ether oxygens (including phenoxy) is 2. The van der Waals surface area contributed by atoms with E-state index >= 15 is 0 Å². The van der Waals surface area contributed by atoms with Gasteiger partial charge in [0.25, 0.3) is 0 Å². The van der Waals surface area contributed by atoms with E-state index in [1.807, 2.05) is 0 Å². The van der Waals surface area contributed by atoms with Crippen LogP contribution in [0.2, 0.25) is 0 Å². The van der Waals surface area contributed by atoms with Crippen LogP contribution in [0.3, 0.4) is 0 Å². The molecule has 0 aromatic rings. The predicted octanol–water partition coefficient (Wildman–Crippen LogP) is 2.15. The Morgan fingerprint density at radius 2 is 2.14 bits per heavy atom. The van der Waals surface area contributed by atoms with Crippen LogP contribution in [-0.2, 0) is 14.3 Å². The lowest BCUT2D eigenvalue weighted by Crippen LogP contribution is -2.44. The molecule has 0 aromatic heterocycles. The minimum atomic E-state index is -0.0634. The van der Waals surface area contributed by atoms with Crippen LogP contribution in [0, 0.1) is 5.41 Å². The van der Waals surface area contributed by atoms with Crippen LogP contribution in [0.5, 0.6) is 0 Å². The number of rotatable bonds is 6. The van der Waals surface area contributed by atoms with Gasteiger partial charge in [0.15, 0.2) is 0 Å². The second-order valence-corrected chi connectivity index (χ2v) is 4.42. The largest absolute Gasteiger partial charge is 0.465 e. The molecule has 14 heavy (non-hydrogen) atoms. The average Bonchev–Trinajstić information content (AvgIpc) is 2.12. The first kappa shape index (κ1) is 11.5. The molecular formula is C11H20O3. The highest BCUT2D eigenvalue weighted by Gasteiger charge is 2.34. The molecule has 1 aliphatic rings. The summed E-state index contributed by atoms with van der Waals surface area (Å²) in [4.78, 5) is 11.2. The molecule has 0 saturated carbocycles. The third-order valence-electron chi connectivity index (χ3n) is 2.47. The SMILES string of the molecule is CCCCCC(=O)OCC1(C)COC1. The third kappa shape index (κ3) is 3.66. The van der Waals surface area contributed by atoms with Crippen molar-refractivity contribution in [3.63, 3.8) is 0 Å². The first-order valence-corrected chi connectivity index (χ1v) is 5.40. The van der Waals surface area contributed by atoms with Crippen molar-refractivity contribution in [1.82, 2.24) is 0 Å². The monoisotopic (exact) mass is 200 g/mol. The van der Waals surface area contributed by atoms with Crippen molar-refractivity contribution in [3.05, 3.63) is 0 Å². The van der Waals surface area contributed by atoms with E-state index in [9.17, 15) is 4.79 Å². The van der Waals surface area contributed by atoms with Gasteiger partial charge in [-0.25, -0.2) is 0 Å². The van der Waals surface area contributed by atoms with E-state index in [1.54, 1.807) is 0 Å². The standard InChI is InChI=1S/C11H20O3/c1-3-4-5-6-10(12)14-9-11(2)7-13-8-11/h3-9H2,1-2H3. The van der Waals surface area contributed by atoms with Gasteiger partial charge in [-0.2, -0.15) is 0 Å². The molecule has 0 aliphatic carbocycles. The Balaban J connectivity index is 2.03. The Hall–Kier alpha value is -0.570. The first-order chi connectivity index (χ1) is 6.66. The summed E-state index contributed by atoms with van der Waals surface area (Å²) in [5, 5.41) is 0. The fraction of sp³-hybridized carbons (Fsp3) is 0.909. The highest BCUT2D eigenvalue weighted by atomic mass is 16.5. The summed E-state index contributed by atoms with van der Waals surface area (Å²) in [7, 11) is 0. The molecule has 0 bridgehead atoms. The normalized spacial score (nSPS) is 18.7. The predicted molar refractivity (Wildman–Crippen MR) is 54.0 cm³/mol. The summed E-state index contributed by atoms with van der Waals surface area (Å²) < 4.78 is 10.3. The smallest absolute Gasteiger partial charge is 0.305 e. The number of carbonyl (C=O) groups excluding carboxylic acids is 1. The van der Waals surface area contributed by atoms with Crippen LogP contribution in [0.25, 0.3) is 0 Å². The van der Waals surface area contributed by atoms with Crippen LogP contribution >= 0.6 is 0 Å². The molecule has 0 amide bonds. The molecule has 1 fully saturated rings. The van der Waals surface area contributed by atoms with Gasteiger partial charge in [-0.15, -0.1) is 0 Å². The van der Waals surface area contributed by atoms with Crippen LogP contribution in [0.1, 0.15) is 39.5 Å².